The molecule has 1 N–H and O–H groups in total. The van der Waals surface area contributed by atoms with Gasteiger partial charge in [0.15, 0.2) is 9.76 Å². The van der Waals surface area contributed by atoms with Crippen molar-refractivity contribution in [2.45, 2.75) is 84.1 Å². The van der Waals surface area contributed by atoms with Crippen LogP contribution in [0.4, 0.5) is 4.79 Å². The molecular weight excluding hydrogens is 404 g/mol. The third kappa shape index (κ3) is 8.87. The number of esters is 1. The van der Waals surface area contributed by atoms with E-state index >= 15 is 0 Å². The molecule has 0 aromatic heterocycles. The molecule has 0 aromatic carbocycles. The predicted octanol–water partition coefficient (Wildman–Crippen LogP) is 2.31. The van der Waals surface area contributed by atoms with Crippen LogP contribution in [0.5, 0.6) is 0 Å². The maximum absolute atomic E-state index is 13.1. The van der Waals surface area contributed by atoms with Gasteiger partial charge in [-0.2, -0.15) is 0 Å². The summed E-state index contributed by atoms with van der Waals surface area (Å²) < 4.78 is 16.3. The molecule has 2 amide bonds. The van der Waals surface area contributed by atoms with Crippen LogP contribution in [0, 0.1) is 0 Å². The summed E-state index contributed by atoms with van der Waals surface area (Å²) in [5, 5.41) is 2.75. The second kappa shape index (κ2) is 9.96. The van der Waals surface area contributed by atoms with Gasteiger partial charge in [-0.3, -0.25) is 9.59 Å². The lowest BCUT2D eigenvalue weighted by molar-refractivity contribution is -0.147. The molecule has 0 spiro atoms. The molecule has 9 heteroatoms. The molecule has 0 saturated heterocycles. The summed E-state index contributed by atoms with van der Waals surface area (Å²) in [6.07, 6.45) is 1.54. The van der Waals surface area contributed by atoms with Crippen LogP contribution in [0.25, 0.3) is 0 Å². The zero-order valence-corrected chi connectivity index (χ0v) is 21.3. The molecule has 1 aliphatic rings. The van der Waals surface area contributed by atoms with Gasteiger partial charge in [0.1, 0.15) is 18.2 Å². The highest BCUT2D eigenvalue weighted by molar-refractivity contribution is 6.31. The summed E-state index contributed by atoms with van der Waals surface area (Å²) in [4.78, 5) is 38.6. The van der Waals surface area contributed by atoms with Crippen LogP contribution in [0.3, 0.4) is 0 Å². The predicted molar refractivity (Wildman–Crippen MR) is 118 cm³/mol. The molecule has 172 valence electrons. The number of hydrogen-bond donors (Lipinski definition) is 1. The minimum Gasteiger partial charge on any atom is -0.468 e. The van der Waals surface area contributed by atoms with Crippen molar-refractivity contribution in [3.63, 3.8) is 0 Å². The number of methoxy groups -OCH3 is 1. The van der Waals surface area contributed by atoms with E-state index < -0.39 is 39.1 Å². The molecular formula is C21H38N2O6Si. The van der Waals surface area contributed by atoms with E-state index in [0.717, 1.165) is 5.57 Å². The van der Waals surface area contributed by atoms with E-state index in [-0.39, 0.29) is 30.5 Å². The molecule has 1 atom stereocenters. The summed E-state index contributed by atoms with van der Waals surface area (Å²) in [6.45, 7) is 15.7. The fourth-order valence-corrected chi connectivity index (χ4v) is 3.76. The highest BCUT2D eigenvalue weighted by atomic mass is 28.2. The van der Waals surface area contributed by atoms with Crippen LogP contribution >= 0.6 is 0 Å². The van der Waals surface area contributed by atoms with Gasteiger partial charge in [-0.05, 0) is 51.7 Å². The highest BCUT2D eigenvalue weighted by Gasteiger charge is 2.36. The summed E-state index contributed by atoms with van der Waals surface area (Å²) in [5.74, 6) is -0.884. The molecule has 0 aliphatic carbocycles. The average Bonchev–Trinajstić information content (AvgIpc) is 2.72. The molecule has 1 unspecified atom stereocenters. The summed E-state index contributed by atoms with van der Waals surface area (Å²) >= 11 is 0. The Morgan fingerprint density at radius 3 is 2.27 bits per heavy atom. The van der Waals surface area contributed by atoms with Crippen LogP contribution in [0.1, 0.15) is 61.8 Å². The van der Waals surface area contributed by atoms with Gasteiger partial charge < -0.3 is 24.1 Å². The van der Waals surface area contributed by atoms with E-state index in [0.29, 0.717) is 0 Å². The Labute approximate surface area is 182 Å². The number of nitrogens with one attached hydrogen (secondary N) is 1. The Hall–Kier alpha value is -1.87. The van der Waals surface area contributed by atoms with E-state index in [1.165, 1.54) is 12.0 Å². The first-order valence-corrected chi connectivity index (χ1v) is 11.5. The smallest absolute Gasteiger partial charge is 0.408 e. The molecule has 0 bridgehead atoms. The van der Waals surface area contributed by atoms with Crippen molar-refractivity contribution in [3.8, 4) is 0 Å². The monoisotopic (exact) mass is 442 g/mol. The molecule has 1 aliphatic heterocycles. The van der Waals surface area contributed by atoms with Gasteiger partial charge in [-0.15, -0.1) is 0 Å². The lowest BCUT2D eigenvalue weighted by Crippen LogP contribution is -2.50. The van der Waals surface area contributed by atoms with Crippen LogP contribution in [-0.2, 0) is 23.5 Å². The number of alkyl carbamates (subject to hydrolysis) is 1. The maximum atomic E-state index is 13.1. The van der Waals surface area contributed by atoms with Crippen LogP contribution in [0.15, 0.2) is 11.6 Å². The highest BCUT2D eigenvalue weighted by Crippen LogP contribution is 2.29. The van der Waals surface area contributed by atoms with Gasteiger partial charge in [0, 0.05) is 6.54 Å². The molecule has 0 radical (unpaired) electrons. The quantitative estimate of drug-likeness (QED) is 0.385. The minimum absolute atomic E-state index is 0.116. The van der Waals surface area contributed by atoms with Crippen molar-refractivity contribution in [1.29, 1.82) is 0 Å². The normalized spacial score (nSPS) is 18.8. The number of carbonyl (C=O) groups is 3. The van der Waals surface area contributed by atoms with E-state index in [9.17, 15) is 14.4 Å². The Kier molecular flexibility index (Phi) is 8.68. The van der Waals surface area contributed by atoms with Crippen LogP contribution < -0.4 is 5.32 Å². The zero-order valence-electron chi connectivity index (χ0n) is 19.9. The molecule has 1 rings (SSSR count). The lowest BCUT2D eigenvalue weighted by Gasteiger charge is -2.34. The SMILES string of the molecule is COC(=O)CN1CC(C(C)(C)O[SiH2]C(C)(C)C)=CCC(NC(=O)OC(C)(C)C)C1=O. The third-order valence-corrected chi connectivity index (χ3v) is 6.18. The number of ether oxygens (including phenoxy) is 2. The first-order valence-electron chi connectivity index (χ1n) is 10.2. The standard InChI is InChI=1S/C21H38N2O6Si/c1-19(2,3)28-18(26)22-15-11-10-14(21(7,8)29-30-20(4,5)6)12-23(17(15)25)13-16(24)27-9/h10,15H,11-13,30H2,1-9H3,(H,22,26). The van der Waals surface area contributed by atoms with Crippen molar-refractivity contribution in [3.05, 3.63) is 11.6 Å². The van der Waals surface area contributed by atoms with Crippen molar-refractivity contribution in [2.24, 2.45) is 0 Å². The number of amides is 2. The average molecular weight is 443 g/mol. The van der Waals surface area contributed by atoms with Gasteiger partial charge in [-0.1, -0.05) is 26.8 Å². The van der Waals surface area contributed by atoms with Gasteiger partial charge in [0.05, 0.1) is 12.7 Å². The maximum Gasteiger partial charge on any atom is 0.408 e. The second-order valence-corrected chi connectivity index (χ2v) is 13.0. The minimum atomic E-state index is -0.844. The Morgan fingerprint density at radius 2 is 1.77 bits per heavy atom. The third-order valence-electron chi connectivity index (χ3n) is 4.45. The fraction of sp³-hybridized carbons (Fsp3) is 0.762. The van der Waals surface area contributed by atoms with Gasteiger partial charge in [-0.25, -0.2) is 4.79 Å². The van der Waals surface area contributed by atoms with Gasteiger partial charge in [0.2, 0.25) is 5.91 Å². The molecule has 30 heavy (non-hydrogen) atoms. The Bertz CT molecular complexity index is 676. The topological polar surface area (TPSA) is 94.2 Å². The zero-order chi connectivity index (χ0) is 23.3. The number of rotatable bonds is 6. The fourth-order valence-electron chi connectivity index (χ4n) is 2.78. The molecule has 0 aromatic rings. The second-order valence-electron chi connectivity index (χ2n) is 10.3. The van der Waals surface area contributed by atoms with Crippen LogP contribution in [0.2, 0.25) is 5.04 Å². The Morgan fingerprint density at radius 1 is 1.17 bits per heavy atom. The largest absolute Gasteiger partial charge is 0.468 e. The van der Waals surface area contributed by atoms with E-state index in [1.807, 2.05) is 19.9 Å². The van der Waals surface area contributed by atoms with Crippen LogP contribution in [-0.4, -0.2) is 70.1 Å². The summed E-state index contributed by atoms with van der Waals surface area (Å²) in [6, 6.07) is -0.835. The van der Waals surface area contributed by atoms with Crippen molar-refractivity contribution < 1.29 is 28.3 Å². The number of hydrogen-bond acceptors (Lipinski definition) is 6. The molecule has 8 nitrogen and oxygen atoms in total. The lowest BCUT2D eigenvalue weighted by atomic mass is 9.97. The van der Waals surface area contributed by atoms with E-state index in [1.54, 1.807) is 20.8 Å². The molecule has 1 heterocycles. The van der Waals surface area contributed by atoms with Gasteiger partial charge >= 0.3 is 12.1 Å². The number of nitrogens with zero attached hydrogens (tertiary/aromatic N) is 1. The van der Waals surface area contributed by atoms with E-state index in [4.69, 9.17) is 13.9 Å². The van der Waals surface area contributed by atoms with Gasteiger partial charge in [0.25, 0.3) is 0 Å². The Balaban J connectivity index is 3.10. The van der Waals surface area contributed by atoms with Crippen molar-refractivity contribution in [1.82, 2.24) is 10.2 Å². The first kappa shape index (κ1) is 26.2. The van der Waals surface area contributed by atoms with Crippen molar-refractivity contribution in [2.75, 3.05) is 20.2 Å². The van der Waals surface area contributed by atoms with Crippen molar-refractivity contribution >= 4 is 27.7 Å². The summed E-state index contributed by atoms with van der Waals surface area (Å²) in [5.41, 5.74) is -0.377. The molecule has 0 fully saturated rings. The first-order chi connectivity index (χ1) is 13.5. The number of carbonyl (C=O) groups excluding carboxylic acids is 3. The summed E-state index contributed by atoms with van der Waals surface area (Å²) in [7, 11) is 0.434. The molecule has 0 saturated carbocycles. The van der Waals surface area contributed by atoms with E-state index in [2.05, 4.69) is 26.1 Å².